The molecule has 152 valence electrons. The molecule has 1 aliphatic carbocycles. The number of pyridine rings is 1. The third-order valence-corrected chi connectivity index (χ3v) is 6.36. The fourth-order valence-corrected chi connectivity index (χ4v) is 4.63. The van der Waals surface area contributed by atoms with Gasteiger partial charge in [-0.3, -0.25) is 9.59 Å². The van der Waals surface area contributed by atoms with E-state index >= 15 is 0 Å². The molecule has 2 heterocycles. The van der Waals surface area contributed by atoms with Gasteiger partial charge in [0.05, 0.1) is 6.04 Å². The number of aromatic carboxylic acids is 1. The molecule has 0 bridgehead atoms. The first-order valence-corrected chi connectivity index (χ1v) is 10.2. The van der Waals surface area contributed by atoms with Crippen molar-refractivity contribution in [3.8, 4) is 0 Å². The number of carboxylic acid groups (broad SMARTS) is 1. The van der Waals surface area contributed by atoms with Crippen LogP contribution in [0.5, 0.6) is 0 Å². The van der Waals surface area contributed by atoms with Gasteiger partial charge < -0.3 is 14.6 Å². The lowest BCUT2D eigenvalue weighted by Gasteiger charge is -2.30. The number of fused-ring (bicyclic) bond motifs is 2. The molecule has 0 saturated carbocycles. The van der Waals surface area contributed by atoms with E-state index in [4.69, 9.17) is 0 Å². The van der Waals surface area contributed by atoms with Crippen molar-refractivity contribution in [2.75, 3.05) is 6.54 Å². The molecule has 6 nitrogen and oxygen atoms in total. The number of aromatic nitrogens is 1. The molecule has 4 rings (SSSR count). The van der Waals surface area contributed by atoms with E-state index in [-0.39, 0.29) is 17.5 Å². The first kappa shape index (κ1) is 19.4. The Morgan fingerprint density at radius 2 is 1.79 bits per heavy atom. The van der Waals surface area contributed by atoms with E-state index in [0.717, 1.165) is 24.0 Å². The van der Waals surface area contributed by atoms with Crippen LogP contribution in [0.2, 0.25) is 0 Å². The Bertz CT molecular complexity index is 1050. The molecule has 1 amide bonds. The van der Waals surface area contributed by atoms with E-state index in [1.165, 1.54) is 35.5 Å². The van der Waals surface area contributed by atoms with Crippen molar-refractivity contribution in [3.63, 3.8) is 0 Å². The van der Waals surface area contributed by atoms with Crippen molar-refractivity contribution in [2.24, 2.45) is 0 Å². The van der Waals surface area contributed by atoms with E-state index in [2.05, 4.69) is 12.1 Å². The molecule has 0 radical (unpaired) electrons. The van der Waals surface area contributed by atoms with Crippen LogP contribution < -0.4 is 5.56 Å². The second-order valence-corrected chi connectivity index (χ2v) is 8.13. The minimum Gasteiger partial charge on any atom is -0.477 e. The number of carbonyl (C=O) groups excluding carboxylic acids is 1. The van der Waals surface area contributed by atoms with Crippen molar-refractivity contribution >= 4 is 11.9 Å². The summed E-state index contributed by atoms with van der Waals surface area (Å²) < 4.78 is 1.52. The van der Waals surface area contributed by atoms with E-state index in [9.17, 15) is 19.5 Å². The monoisotopic (exact) mass is 394 g/mol. The molecular weight excluding hydrogens is 368 g/mol. The lowest BCUT2D eigenvalue weighted by atomic mass is 9.89. The molecule has 6 heteroatoms. The summed E-state index contributed by atoms with van der Waals surface area (Å²) in [5, 5.41) is 9.74. The molecule has 1 N–H and O–H groups in total. The van der Waals surface area contributed by atoms with E-state index < -0.39 is 11.5 Å². The molecule has 0 saturated heterocycles. The summed E-state index contributed by atoms with van der Waals surface area (Å²) in [5.74, 6) is -1.25. The van der Waals surface area contributed by atoms with Crippen LogP contribution in [0.1, 0.15) is 70.9 Å². The second kappa shape index (κ2) is 7.50. The molecule has 0 spiro atoms. The van der Waals surface area contributed by atoms with Gasteiger partial charge in [-0.15, -0.1) is 0 Å². The van der Waals surface area contributed by atoms with Gasteiger partial charge in [-0.1, -0.05) is 18.2 Å². The number of nitrogens with zero attached hydrogens (tertiary/aromatic N) is 2. The van der Waals surface area contributed by atoms with Crippen LogP contribution in [0.4, 0.5) is 0 Å². The fourth-order valence-electron chi connectivity index (χ4n) is 4.63. The quantitative estimate of drug-likeness (QED) is 0.868. The average molecular weight is 394 g/mol. The zero-order chi connectivity index (χ0) is 20.7. The molecule has 0 fully saturated rings. The van der Waals surface area contributed by atoms with Gasteiger partial charge in [-0.05, 0) is 66.8 Å². The fraction of sp³-hybridized carbons (Fsp3) is 0.435. The van der Waals surface area contributed by atoms with E-state index in [1.54, 1.807) is 11.1 Å². The smallest absolute Gasteiger partial charge is 0.341 e. The number of aryl methyl sites for hydroxylation is 2. The molecule has 1 unspecified atom stereocenters. The van der Waals surface area contributed by atoms with E-state index in [0.29, 0.717) is 25.1 Å². The Kier molecular flexibility index (Phi) is 5.03. The van der Waals surface area contributed by atoms with Crippen molar-refractivity contribution in [2.45, 2.75) is 58.5 Å². The molecule has 1 aliphatic heterocycles. The Morgan fingerprint density at radius 3 is 2.48 bits per heavy atom. The van der Waals surface area contributed by atoms with Gasteiger partial charge in [0.25, 0.3) is 5.56 Å². The van der Waals surface area contributed by atoms with Gasteiger partial charge in [0.2, 0.25) is 5.91 Å². The van der Waals surface area contributed by atoms with Gasteiger partial charge in [-0.25, -0.2) is 4.79 Å². The Labute approximate surface area is 169 Å². The highest BCUT2D eigenvalue weighted by atomic mass is 16.4. The molecule has 1 aromatic heterocycles. The molecular formula is C23H26N2O4. The lowest BCUT2D eigenvalue weighted by molar-refractivity contribution is -0.129. The third kappa shape index (κ3) is 3.48. The first-order chi connectivity index (χ1) is 13.9. The Hall–Kier alpha value is -2.89. The van der Waals surface area contributed by atoms with Gasteiger partial charge in [0, 0.05) is 26.2 Å². The van der Waals surface area contributed by atoms with Crippen molar-refractivity contribution < 1.29 is 14.7 Å². The van der Waals surface area contributed by atoms with Crippen LogP contribution in [-0.2, 0) is 30.6 Å². The highest BCUT2D eigenvalue weighted by Crippen LogP contribution is 2.28. The van der Waals surface area contributed by atoms with Crippen LogP contribution in [0.15, 0.2) is 29.2 Å². The number of rotatable bonds is 3. The Balaban J connectivity index is 1.80. The SMILES string of the molecule is CC(=O)N1CCc2c(cn(C(C)c3ccc4c(c3)CCCC4)c(=O)c2C(=O)O)C1. The van der Waals surface area contributed by atoms with Gasteiger partial charge >= 0.3 is 5.97 Å². The molecule has 1 atom stereocenters. The lowest BCUT2D eigenvalue weighted by Crippen LogP contribution is -2.39. The maximum atomic E-state index is 13.1. The summed E-state index contributed by atoms with van der Waals surface area (Å²) in [4.78, 5) is 38.5. The van der Waals surface area contributed by atoms with Crippen molar-refractivity contribution in [1.29, 1.82) is 0 Å². The molecule has 1 aromatic carbocycles. The third-order valence-electron chi connectivity index (χ3n) is 6.36. The number of carboxylic acids is 1. The van der Waals surface area contributed by atoms with Crippen molar-refractivity contribution in [3.05, 3.63) is 68.1 Å². The van der Waals surface area contributed by atoms with Crippen LogP contribution in [0, 0.1) is 0 Å². The predicted molar refractivity (Wildman–Crippen MR) is 109 cm³/mol. The zero-order valence-corrected chi connectivity index (χ0v) is 16.9. The molecule has 2 aromatic rings. The normalized spacial score (nSPS) is 16.7. The maximum Gasteiger partial charge on any atom is 0.341 e. The van der Waals surface area contributed by atoms with Crippen LogP contribution >= 0.6 is 0 Å². The predicted octanol–water partition coefficient (Wildman–Crippen LogP) is 2.94. The first-order valence-electron chi connectivity index (χ1n) is 10.2. The minimum atomic E-state index is -1.20. The highest BCUT2D eigenvalue weighted by molar-refractivity contribution is 5.89. The highest BCUT2D eigenvalue weighted by Gasteiger charge is 2.28. The standard InChI is InChI=1S/C23H26N2O4/c1-14(17-8-7-16-5-3-4-6-18(16)11-17)25-13-19-12-24(15(2)26)10-9-20(19)21(22(25)27)23(28)29/h7-8,11,13-14H,3-6,9-10,12H2,1-2H3,(H,28,29). The van der Waals surface area contributed by atoms with Crippen molar-refractivity contribution in [1.82, 2.24) is 9.47 Å². The molecule has 29 heavy (non-hydrogen) atoms. The van der Waals surface area contributed by atoms with Gasteiger partial charge in [-0.2, -0.15) is 0 Å². The largest absolute Gasteiger partial charge is 0.477 e. The summed E-state index contributed by atoms with van der Waals surface area (Å²) >= 11 is 0. The number of hydrogen-bond acceptors (Lipinski definition) is 3. The van der Waals surface area contributed by atoms with Crippen LogP contribution in [0.3, 0.4) is 0 Å². The summed E-state index contributed by atoms with van der Waals surface area (Å²) in [6, 6.07) is 6.06. The summed E-state index contributed by atoms with van der Waals surface area (Å²) in [7, 11) is 0. The zero-order valence-electron chi connectivity index (χ0n) is 16.9. The molecule has 2 aliphatic rings. The number of benzene rings is 1. The minimum absolute atomic E-state index is 0.0481. The van der Waals surface area contributed by atoms with E-state index in [1.807, 2.05) is 13.0 Å². The van der Waals surface area contributed by atoms with Crippen LogP contribution in [0.25, 0.3) is 0 Å². The van der Waals surface area contributed by atoms with Gasteiger partial charge in [0.15, 0.2) is 0 Å². The summed E-state index contributed by atoms with van der Waals surface area (Å²) in [5.41, 5.74) is 4.37. The number of hydrogen-bond donors (Lipinski definition) is 1. The topological polar surface area (TPSA) is 79.6 Å². The average Bonchev–Trinajstić information content (AvgIpc) is 2.71. The number of amides is 1. The van der Waals surface area contributed by atoms with Gasteiger partial charge in [0.1, 0.15) is 5.56 Å². The summed E-state index contributed by atoms with van der Waals surface area (Å²) in [6.45, 7) is 4.21. The Morgan fingerprint density at radius 1 is 1.07 bits per heavy atom. The number of carbonyl (C=O) groups is 2. The maximum absolute atomic E-state index is 13.1. The summed E-state index contributed by atoms with van der Waals surface area (Å²) in [6.07, 6.45) is 6.66. The second-order valence-electron chi connectivity index (χ2n) is 8.13. The van der Waals surface area contributed by atoms with Crippen LogP contribution in [-0.4, -0.2) is 33.0 Å².